The lowest BCUT2D eigenvalue weighted by Gasteiger charge is -2.33. The maximum absolute atomic E-state index is 12.2. The number of hydrogen-bond acceptors (Lipinski definition) is 5. The van der Waals surface area contributed by atoms with Gasteiger partial charge in [-0.1, -0.05) is 18.2 Å². The van der Waals surface area contributed by atoms with Crippen LogP contribution in [0.25, 0.3) is 0 Å². The molecule has 1 aliphatic heterocycles. The highest BCUT2D eigenvalue weighted by Crippen LogP contribution is 2.22. The summed E-state index contributed by atoms with van der Waals surface area (Å²) < 4.78 is 5.64. The van der Waals surface area contributed by atoms with Gasteiger partial charge in [-0.15, -0.1) is 0 Å². The molecule has 0 aliphatic carbocycles. The number of hydrogen-bond donors (Lipinski definition) is 1. The molecule has 2 heterocycles. The van der Waals surface area contributed by atoms with Gasteiger partial charge >= 0.3 is 0 Å². The molecule has 2 aromatic rings. The molecule has 1 amide bonds. The van der Waals surface area contributed by atoms with Crippen molar-refractivity contribution in [2.24, 2.45) is 5.92 Å². The van der Waals surface area contributed by atoms with E-state index in [0.717, 1.165) is 31.7 Å². The van der Waals surface area contributed by atoms with Crippen molar-refractivity contribution in [3.8, 4) is 5.88 Å². The molecule has 6 nitrogen and oxygen atoms in total. The maximum atomic E-state index is 12.2. The smallest absolute Gasteiger partial charge is 0.251 e. The van der Waals surface area contributed by atoms with E-state index in [2.05, 4.69) is 20.2 Å². The van der Waals surface area contributed by atoms with Gasteiger partial charge in [-0.05, 0) is 44.7 Å². The van der Waals surface area contributed by atoms with E-state index in [1.54, 1.807) is 12.4 Å². The standard InChI is InChI=1S/C20H26N4O2/c1-15(2)26-19-13-21-12-18(23-19)24-10-6-7-16(14-24)11-22-20(25)17-8-4-3-5-9-17/h3-5,8-9,12-13,15-16H,6-7,10-11,14H2,1-2H3,(H,22,25). The first kappa shape index (κ1) is 18.2. The molecular formula is C20H26N4O2. The summed E-state index contributed by atoms with van der Waals surface area (Å²) in [6.45, 7) is 6.42. The van der Waals surface area contributed by atoms with E-state index in [1.807, 2.05) is 44.2 Å². The number of aromatic nitrogens is 2. The van der Waals surface area contributed by atoms with Crippen molar-refractivity contribution >= 4 is 11.7 Å². The van der Waals surface area contributed by atoms with Crippen LogP contribution in [0.2, 0.25) is 0 Å². The van der Waals surface area contributed by atoms with Gasteiger partial charge in [-0.2, -0.15) is 4.98 Å². The number of nitrogens with zero attached hydrogens (tertiary/aromatic N) is 3. The van der Waals surface area contributed by atoms with Gasteiger partial charge < -0.3 is 15.0 Å². The van der Waals surface area contributed by atoms with Crippen molar-refractivity contribution < 1.29 is 9.53 Å². The van der Waals surface area contributed by atoms with Gasteiger partial charge in [0, 0.05) is 25.2 Å². The molecule has 26 heavy (non-hydrogen) atoms. The molecular weight excluding hydrogens is 328 g/mol. The zero-order valence-electron chi connectivity index (χ0n) is 15.4. The Morgan fingerprint density at radius 1 is 1.31 bits per heavy atom. The summed E-state index contributed by atoms with van der Waals surface area (Å²) in [6, 6.07) is 9.33. The van der Waals surface area contributed by atoms with Crippen LogP contribution in [0.5, 0.6) is 5.88 Å². The van der Waals surface area contributed by atoms with E-state index in [4.69, 9.17) is 4.74 Å². The van der Waals surface area contributed by atoms with Crippen molar-refractivity contribution in [2.75, 3.05) is 24.5 Å². The lowest BCUT2D eigenvalue weighted by atomic mass is 9.98. The van der Waals surface area contributed by atoms with Gasteiger partial charge in [0.25, 0.3) is 5.91 Å². The molecule has 1 aliphatic rings. The summed E-state index contributed by atoms with van der Waals surface area (Å²) in [6.07, 6.45) is 5.66. The second-order valence-electron chi connectivity index (χ2n) is 6.91. The molecule has 1 atom stereocenters. The van der Waals surface area contributed by atoms with Crippen molar-refractivity contribution in [2.45, 2.75) is 32.8 Å². The highest BCUT2D eigenvalue weighted by Gasteiger charge is 2.22. The van der Waals surface area contributed by atoms with Crippen LogP contribution in [-0.4, -0.2) is 41.6 Å². The number of anilines is 1. The fourth-order valence-corrected chi connectivity index (χ4v) is 3.16. The number of amides is 1. The van der Waals surface area contributed by atoms with Gasteiger partial charge in [0.05, 0.1) is 18.5 Å². The highest BCUT2D eigenvalue weighted by molar-refractivity contribution is 5.94. The van der Waals surface area contributed by atoms with Crippen LogP contribution in [0, 0.1) is 5.92 Å². The fourth-order valence-electron chi connectivity index (χ4n) is 3.16. The Morgan fingerprint density at radius 3 is 2.88 bits per heavy atom. The Kier molecular flexibility index (Phi) is 6.04. The summed E-state index contributed by atoms with van der Waals surface area (Å²) in [7, 11) is 0. The number of carbonyl (C=O) groups excluding carboxylic acids is 1. The minimum atomic E-state index is -0.0187. The lowest BCUT2D eigenvalue weighted by Crippen LogP contribution is -2.41. The zero-order valence-corrected chi connectivity index (χ0v) is 15.4. The Morgan fingerprint density at radius 2 is 2.12 bits per heavy atom. The quantitative estimate of drug-likeness (QED) is 0.864. The Bertz CT molecular complexity index is 721. The van der Waals surface area contributed by atoms with Gasteiger partial charge in [0.15, 0.2) is 5.82 Å². The van der Waals surface area contributed by atoms with Crippen LogP contribution in [0.1, 0.15) is 37.0 Å². The van der Waals surface area contributed by atoms with Crippen molar-refractivity contribution in [3.63, 3.8) is 0 Å². The monoisotopic (exact) mass is 354 g/mol. The fraction of sp³-hybridized carbons (Fsp3) is 0.450. The summed E-state index contributed by atoms with van der Waals surface area (Å²) in [5.74, 6) is 1.77. The third kappa shape index (κ3) is 4.94. The van der Waals surface area contributed by atoms with E-state index in [0.29, 0.717) is 23.9 Å². The zero-order chi connectivity index (χ0) is 18.4. The summed E-state index contributed by atoms with van der Waals surface area (Å²) in [5.41, 5.74) is 0.699. The van der Waals surface area contributed by atoms with E-state index < -0.39 is 0 Å². The van der Waals surface area contributed by atoms with Crippen molar-refractivity contribution in [1.82, 2.24) is 15.3 Å². The molecule has 0 radical (unpaired) electrons. The van der Waals surface area contributed by atoms with E-state index in [-0.39, 0.29) is 12.0 Å². The minimum Gasteiger partial charge on any atom is -0.474 e. The van der Waals surface area contributed by atoms with Crippen LogP contribution in [0.4, 0.5) is 5.82 Å². The van der Waals surface area contributed by atoms with E-state index >= 15 is 0 Å². The van der Waals surface area contributed by atoms with Crippen LogP contribution in [0.15, 0.2) is 42.7 Å². The number of benzene rings is 1. The predicted octanol–water partition coefficient (Wildman–Crippen LogP) is 2.91. The van der Waals surface area contributed by atoms with Crippen LogP contribution in [-0.2, 0) is 0 Å². The predicted molar refractivity (Wildman–Crippen MR) is 102 cm³/mol. The van der Waals surface area contributed by atoms with Crippen molar-refractivity contribution in [3.05, 3.63) is 48.3 Å². The molecule has 0 saturated carbocycles. The molecule has 1 aromatic heterocycles. The second kappa shape index (κ2) is 8.65. The number of nitrogens with one attached hydrogen (secondary N) is 1. The third-order valence-electron chi connectivity index (χ3n) is 4.39. The molecule has 0 bridgehead atoms. The summed E-state index contributed by atoms with van der Waals surface area (Å²) in [5, 5.41) is 3.05. The van der Waals surface area contributed by atoms with Crippen LogP contribution < -0.4 is 15.0 Å². The average molecular weight is 354 g/mol. The molecule has 3 rings (SSSR count). The Balaban J connectivity index is 1.56. The summed E-state index contributed by atoms with van der Waals surface area (Å²) in [4.78, 5) is 23.3. The first-order chi connectivity index (χ1) is 12.6. The molecule has 6 heteroatoms. The number of carbonyl (C=O) groups is 1. The summed E-state index contributed by atoms with van der Waals surface area (Å²) >= 11 is 0. The Hall–Kier alpha value is -2.63. The molecule has 1 aromatic carbocycles. The van der Waals surface area contributed by atoms with E-state index in [1.165, 1.54) is 0 Å². The molecule has 1 saturated heterocycles. The van der Waals surface area contributed by atoms with Crippen molar-refractivity contribution in [1.29, 1.82) is 0 Å². The lowest BCUT2D eigenvalue weighted by molar-refractivity contribution is 0.0945. The van der Waals surface area contributed by atoms with Gasteiger partial charge in [-0.25, -0.2) is 0 Å². The second-order valence-corrected chi connectivity index (χ2v) is 6.91. The highest BCUT2D eigenvalue weighted by atomic mass is 16.5. The first-order valence-corrected chi connectivity index (χ1v) is 9.18. The van der Waals surface area contributed by atoms with Gasteiger partial charge in [0.1, 0.15) is 0 Å². The number of piperidine rings is 1. The van der Waals surface area contributed by atoms with Crippen LogP contribution in [0.3, 0.4) is 0 Å². The molecule has 0 spiro atoms. The van der Waals surface area contributed by atoms with E-state index in [9.17, 15) is 4.79 Å². The van der Waals surface area contributed by atoms with Crippen LogP contribution >= 0.6 is 0 Å². The normalized spacial score (nSPS) is 17.2. The Labute approximate surface area is 154 Å². The number of ether oxygens (including phenoxy) is 1. The van der Waals surface area contributed by atoms with Gasteiger partial charge in [0.2, 0.25) is 5.88 Å². The number of rotatable bonds is 6. The topological polar surface area (TPSA) is 67.3 Å². The molecule has 1 fully saturated rings. The molecule has 138 valence electrons. The largest absolute Gasteiger partial charge is 0.474 e. The minimum absolute atomic E-state index is 0.0187. The third-order valence-corrected chi connectivity index (χ3v) is 4.39. The molecule has 1 N–H and O–H groups in total. The first-order valence-electron chi connectivity index (χ1n) is 9.18. The van der Waals surface area contributed by atoms with Gasteiger partial charge in [-0.3, -0.25) is 9.78 Å². The molecule has 1 unspecified atom stereocenters. The maximum Gasteiger partial charge on any atom is 0.251 e. The SMILES string of the molecule is CC(C)Oc1cncc(N2CCCC(CNC(=O)c3ccccc3)C2)n1. The average Bonchev–Trinajstić information content (AvgIpc) is 2.67.